The number of carbonyl (C=O) groups is 3. The van der Waals surface area contributed by atoms with Crippen molar-refractivity contribution in [1.29, 1.82) is 0 Å². The smallest absolute Gasteiger partial charge is 0.266 e. The highest BCUT2D eigenvalue weighted by Crippen LogP contribution is 2.37. The maximum absolute atomic E-state index is 13.2. The summed E-state index contributed by atoms with van der Waals surface area (Å²) in [4.78, 5) is 40.4. The van der Waals surface area contributed by atoms with Crippen molar-refractivity contribution < 1.29 is 14.4 Å². The minimum atomic E-state index is -0.434. The SMILES string of the molecule is Cc1ccc(C)c(N2C(=O)c3ccc(C(=O)Nc4ccc(-c5nnnn5C5CC5)cc4)cc3C2=O)c1. The van der Waals surface area contributed by atoms with E-state index in [1.165, 1.54) is 17.0 Å². The van der Waals surface area contributed by atoms with E-state index in [9.17, 15) is 14.4 Å². The quantitative estimate of drug-likeness (QED) is 0.427. The van der Waals surface area contributed by atoms with Crippen LogP contribution in [-0.4, -0.2) is 37.9 Å². The normalized spacial score (nSPS) is 14.8. The van der Waals surface area contributed by atoms with Gasteiger partial charge in [0.25, 0.3) is 17.7 Å². The maximum Gasteiger partial charge on any atom is 0.266 e. The monoisotopic (exact) mass is 478 g/mol. The van der Waals surface area contributed by atoms with Crippen LogP contribution in [0.25, 0.3) is 11.4 Å². The first-order valence-corrected chi connectivity index (χ1v) is 11.7. The maximum atomic E-state index is 13.2. The molecular weight excluding hydrogens is 456 g/mol. The van der Waals surface area contributed by atoms with Gasteiger partial charge in [-0.3, -0.25) is 14.4 Å². The van der Waals surface area contributed by atoms with Crippen LogP contribution in [0.2, 0.25) is 0 Å². The third-order valence-corrected chi connectivity index (χ3v) is 6.54. The summed E-state index contributed by atoms with van der Waals surface area (Å²) in [5, 5.41) is 14.8. The second-order valence-corrected chi connectivity index (χ2v) is 9.21. The minimum Gasteiger partial charge on any atom is -0.322 e. The molecule has 9 heteroatoms. The molecule has 0 saturated heterocycles. The van der Waals surface area contributed by atoms with E-state index in [1.807, 2.05) is 48.9 Å². The topological polar surface area (TPSA) is 110 Å². The molecule has 1 saturated carbocycles. The first-order valence-electron chi connectivity index (χ1n) is 11.7. The molecule has 9 nitrogen and oxygen atoms in total. The molecule has 0 bridgehead atoms. The fourth-order valence-corrected chi connectivity index (χ4v) is 4.42. The Kier molecular flexibility index (Phi) is 4.99. The van der Waals surface area contributed by atoms with Crippen molar-refractivity contribution in [3.05, 3.63) is 88.5 Å². The lowest BCUT2D eigenvalue weighted by atomic mass is 10.1. The fourth-order valence-electron chi connectivity index (χ4n) is 4.42. The number of amides is 3. The zero-order chi connectivity index (χ0) is 25.0. The number of nitrogens with zero attached hydrogens (tertiary/aromatic N) is 5. The summed E-state index contributed by atoms with van der Waals surface area (Å²) in [5.74, 6) is -0.500. The number of hydrogen-bond donors (Lipinski definition) is 1. The van der Waals surface area contributed by atoms with Crippen LogP contribution < -0.4 is 10.2 Å². The number of aryl methyl sites for hydroxylation is 2. The molecule has 0 unspecified atom stereocenters. The Morgan fingerprint density at radius 1 is 0.917 bits per heavy atom. The van der Waals surface area contributed by atoms with Gasteiger partial charge >= 0.3 is 0 Å². The molecule has 0 spiro atoms. The number of anilines is 2. The van der Waals surface area contributed by atoms with Gasteiger partial charge in [0, 0.05) is 16.8 Å². The van der Waals surface area contributed by atoms with Gasteiger partial charge in [-0.15, -0.1) is 5.10 Å². The Balaban J connectivity index is 1.22. The highest BCUT2D eigenvalue weighted by atomic mass is 16.2. The molecule has 1 N–H and O–H groups in total. The molecule has 3 aromatic carbocycles. The van der Waals surface area contributed by atoms with Gasteiger partial charge in [-0.05, 0) is 96.8 Å². The predicted octanol–water partition coefficient (Wildman–Crippen LogP) is 4.34. The molecule has 2 heterocycles. The van der Waals surface area contributed by atoms with E-state index in [-0.39, 0.29) is 22.9 Å². The Morgan fingerprint density at radius 2 is 1.67 bits per heavy atom. The molecule has 1 fully saturated rings. The van der Waals surface area contributed by atoms with Gasteiger partial charge < -0.3 is 5.32 Å². The van der Waals surface area contributed by atoms with Gasteiger partial charge in [0.2, 0.25) is 0 Å². The number of aromatic nitrogens is 4. The average molecular weight is 479 g/mol. The molecule has 1 aromatic heterocycles. The van der Waals surface area contributed by atoms with Crippen LogP contribution in [0.5, 0.6) is 0 Å². The van der Waals surface area contributed by atoms with Crippen LogP contribution in [0.1, 0.15) is 61.1 Å². The van der Waals surface area contributed by atoms with E-state index in [2.05, 4.69) is 20.8 Å². The number of carbonyl (C=O) groups excluding carboxylic acids is 3. The predicted molar refractivity (Wildman–Crippen MR) is 133 cm³/mol. The Hall–Kier alpha value is -4.66. The van der Waals surface area contributed by atoms with Crippen molar-refractivity contribution >= 4 is 29.1 Å². The number of tetrazole rings is 1. The van der Waals surface area contributed by atoms with Gasteiger partial charge in [-0.25, -0.2) is 9.58 Å². The molecule has 2 aliphatic rings. The number of nitrogens with one attached hydrogen (secondary N) is 1. The lowest BCUT2D eigenvalue weighted by Crippen LogP contribution is -2.30. The number of benzene rings is 3. The summed E-state index contributed by atoms with van der Waals surface area (Å²) in [6, 6.07) is 17.8. The fraction of sp³-hybridized carbons (Fsp3) is 0.185. The van der Waals surface area contributed by atoms with E-state index in [0.29, 0.717) is 28.8 Å². The number of imide groups is 1. The summed E-state index contributed by atoms with van der Waals surface area (Å²) in [6.45, 7) is 3.76. The summed E-state index contributed by atoms with van der Waals surface area (Å²) in [5.41, 5.74) is 4.57. The summed E-state index contributed by atoms with van der Waals surface area (Å²) < 4.78 is 1.83. The third kappa shape index (κ3) is 3.65. The largest absolute Gasteiger partial charge is 0.322 e. The number of fused-ring (bicyclic) bond motifs is 1. The van der Waals surface area contributed by atoms with Crippen molar-refractivity contribution in [1.82, 2.24) is 20.2 Å². The van der Waals surface area contributed by atoms with Crippen LogP contribution in [0.3, 0.4) is 0 Å². The Labute approximate surface area is 206 Å². The van der Waals surface area contributed by atoms with E-state index < -0.39 is 5.91 Å². The van der Waals surface area contributed by atoms with Crippen LogP contribution in [0, 0.1) is 13.8 Å². The van der Waals surface area contributed by atoms with E-state index in [1.54, 1.807) is 18.2 Å². The Morgan fingerprint density at radius 3 is 2.42 bits per heavy atom. The first kappa shape index (κ1) is 21.8. The molecule has 1 aliphatic carbocycles. The Bertz CT molecular complexity index is 1550. The van der Waals surface area contributed by atoms with Crippen molar-refractivity contribution in [2.24, 2.45) is 0 Å². The van der Waals surface area contributed by atoms with Crippen molar-refractivity contribution in [3.63, 3.8) is 0 Å². The van der Waals surface area contributed by atoms with E-state index in [0.717, 1.165) is 29.5 Å². The van der Waals surface area contributed by atoms with Gasteiger partial charge in [0.05, 0.1) is 22.9 Å². The van der Waals surface area contributed by atoms with Gasteiger partial charge in [0.15, 0.2) is 5.82 Å². The molecule has 4 aromatic rings. The standard InChI is InChI=1S/C27H22N6O3/c1-15-3-4-16(2)23(13-15)32-26(35)21-12-7-18(14-22(21)27(32)36)25(34)28-19-8-5-17(6-9-19)24-29-30-31-33(24)20-10-11-20/h3-9,12-14,20H,10-11H2,1-2H3,(H,28,34). The van der Waals surface area contributed by atoms with Gasteiger partial charge in [-0.2, -0.15) is 0 Å². The van der Waals surface area contributed by atoms with Crippen LogP contribution >= 0.6 is 0 Å². The lowest BCUT2D eigenvalue weighted by Gasteiger charge is -2.17. The summed E-state index contributed by atoms with van der Waals surface area (Å²) in [7, 11) is 0. The molecule has 178 valence electrons. The molecule has 1 aliphatic heterocycles. The van der Waals surface area contributed by atoms with Crippen molar-refractivity contribution in [3.8, 4) is 11.4 Å². The molecule has 3 amide bonds. The number of rotatable bonds is 5. The highest BCUT2D eigenvalue weighted by molar-refractivity contribution is 6.35. The molecule has 36 heavy (non-hydrogen) atoms. The van der Waals surface area contributed by atoms with E-state index >= 15 is 0 Å². The summed E-state index contributed by atoms with van der Waals surface area (Å²) >= 11 is 0. The molecular formula is C27H22N6O3. The minimum absolute atomic E-state index is 0.218. The average Bonchev–Trinajstić information content (AvgIpc) is 3.56. The zero-order valence-corrected chi connectivity index (χ0v) is 19.7. The van der Waals surface area contributed by atoms with Crippen LogP contribution in [0.4, 0.5) is 11.4 Å². The summed E-state index contributed by atoms with van der Waals surface area (Å²) in [6.07, 6.45) is 2.15. The van der Waals surface area contributed by atoms with Crippen molar-refractivity contribution in [2.75, 3.05) is 10.2 Å². The van der Waals surface area contributed by atoms with Crippen LogP contribution in [-0.2, 0) is 0 Å². The van der Waals surface area contributed by atoms with Gasteiger partial charge in [0.1, 0.15) is 0 Å². The lowest BCUT2D eigenvalue weighted by molar-refractivity contribution is 0.0925. The van der Waals surface area contributed by atoms with Crippen LogP contribution in [0.15, 0.2) is 60.7 Å². The van der Waals surface area contributed by atoms with E-state index in [4.69, 9.17) is 0 Å². The number of hydrogen-bond acceptors (Lipinski definition) is 6. The van der Waals surface area contributed by atoms with Crippen molar-refractivity contribution in [2.45, 2.75) is 32.7 Å². The highest BCUT2D eigenvalue weighted by Gasteiger charge is 2.38. The first-order chi connectivity index (χ1) is 17.4. The third-order valence-electron chi connectivity index (χ3n) is 6.54. The zero-order valence-electron chi connectivity index (χ0n) is 19.7. The second-order valence-electron chi connectivity index (χ2n) is 9.21. The van der Waals surface area contributed by atoms with Gasteiger partial charge in [-0.1, -0.05) is 12.1 Å². The molecule has 0 atom stereocenters. The molecule has 0 radical (unpaired) electrons. The second kappa shape index (κ2) is 8.23. The molecule has 6 rings (SSSR count).